The molecule has 1 aliphatic rings. The zero-order valence-corrected chi connectivity index (χ0v) is 16.2. The van der Waals surface area contributed by atoms with Gasteiger partial charge < -0.3 is 24.3 Å². The predicted octanol–water partition coefficient (Wildman–Crippen LogP) is 3.45. The number of methoxy groups -OCH3 is 1. The number of rotatable bonds is 8. The lowest BCUT2D eigenvalue weighted by Gasteiger charge is -2.21. The summed E-state index contributed by atoms with van der Waals surface area (Å²) in [5, 5.41) is 2.93. The highest BCUT2D eigenvalue weighted by molar-refractivity contribution is 5.78. The smallest absolute Gasteiger partial charge is 0.258 e. The maximum Gasteiger partial charge on any atom is 0.258 e. The second-order valence-electron chi connectivity index (χ2n) is 6.46. The molecule has 0 aromatic heterocycles. The third-order valence-corrected chi connectivity index (χ3v) is 4.41. The van der Waals surface area contributed by atoms with Gasteiger partial charge >= 0.3 is 0 Å². The summed E-state index contributed by atoms with van der Waals surface area (Å²) in [7, 11) is 1.57. The van der Waals surface area contributed by atoms with Crippen LogP contribution in [-0.4, -0.2) is 32.8 Å². The van der Waals surface area contributed by atoms with E-state index in [1.165, 1.54) is 0 Å². The predicted molar refractivity (Wildman–Crippen MR) is 106 cm³/mol. The molecule has 0 fully saturated rings. The number of carbonyl (C=O) groups excluding carboxylic acids is 1. The molecule has 1 aliphatic heterocycles. The third-order valence-electron chi connectivity index (χ3n) is 4.41. The van der Waals surface area contributed by atoms with Crippen LogP contribution in [0.1, 0.15) is 24.1 Å². The van der Waals surface area contributed by atoms with Gasteiger partial charge in [0.15, 0.2) is 29.6 Å². The molecule has 2 aromatic rings. The Hall–Kier alpha value is -3.15. The topological polar surface area (TPSA) is 66.0 Å². The lowest BCUT2D eigenvalue weighted by molar-refractivity contribution is -0.123. The maximum atomic E-state index is 12.3. The molecule has 1 unspecified atom stereocenters. The monoisotopic (exact) mass is 383 g/mol. The van der Waals surface area contributed by atoms with Crippen molar-refractivity contribution in [2.75, 3.05) is 26.9 Å². The molecule has 0 aliphatic carbocycles. The van der Waals surface area contributed by atoms with E-state index in [1.807, 2.05) is 43.3 Å². The van der Waals surface area contributed by atoms with Gasteiger partial charge in [0.05, 0.1) is 13.2 Å². The van der Waals surface area contributed by atoms with Gasteiger partial charge in [0.2, 0.25) is 0 Å². The van der Waals surface area contributed by atoms with E-state index in [2.05, 4.69) is 11.9 Å². The number of amides is 1. The Kier molecular flexibility index (Phi) is 6.42. The number of benzene rings is 2. The maximum absolute atomic E-state index is 12.3. The Labute approximate surface area is 165 Å². The standard InChI is InChI=1S/C22H25NO5/c1-4-5-16-6-8-18(20(12-16)25-3)28-14-22(24)23-15(2)17-7-9-19-21(13-17)27-11-10-26-19/h4,6-9,12-13,15H,1,5,10-11,14H2,2-3H3,(H,23,24). The molecule has 28 heavy (non-hydrogen) atoms. The fourth-order valence-electron chi connectivity index (χ4n) is 2.96. The first-order valence-electron chi connectivity index (χ1n) is 9.20. The molecule has 0 bridgehead atoms. The van der Waals surface area contributed by atoms with Crippen LogP contribution in [0.2, 0.25) is 0 Å². The summed E-state index contributed by atoms with van der Waals surface area (Å²) >= 11 is 0. The molecule has 2 aromatic carbocycles. The lowest BCUT2D eigenvalue weighted by atomic mass is 10.1. The second kappa shape index (κ2) is 9.17. The third kappa shape index (κ3) is 4.76. The van der Waals surface area contributed by atoms with E-state index in [9.17, 15) is 4.79 Å². The van der Waals surface area contributed by atoms with Crippen molar-refractivity contribution in [3.8, 4) is 23.0 Å². The molecule has 0 saturated heterocycles. The Morgan fingerprint density at radius 2 is 1.96 bits per heavy atom. The first kappa shape index (κ1) is 19.6. The number of hydrogen-bond donors (Lipinski definition) is 1. The zero-order valence-electron chi connectivity index (χ0n) is 16.2. The van der Waals surface area contributed by atoms with Gasteiger partial charge in [-0.2, -0.15) is 0 Å². The van der Waals surface area contributed by atoms with Crippen LogP contribution in [0.4, 0.5) is 0 Å². The van der Waals surface area contributed by atoms with Gasteiger partial charge in [-0.3, -0.25) is 4.79 Å². The van der Waals surface area contributed by atoms with Crippen molar-refractivity contribution in [3.63, 3.8) is 0 Å². The van der Waals surface area contributed by atoms with Gasteiger partial charge in [0.1, 0.15) is 13.2 Å². The molecule has 1 heterocycles. The van der Waals surface area contributed by atoms with Gasteiger partial charge in [0, 0.05) is 0 Å². The van der Waals surface area contributed by atoms with E-state index < -0.39 is 0 Å². The summed E-state index contributed by atoms with van der Waals surface area (Å²) in [4.78, 5) is 12.3. The Bertz CT molecular complexity index is 849. The van der Waals surface area contributed by atoms with Crippen LogP contribution in [0.25, 0.3) is 0 Å². The van der Waals surface area contributed by atoms with Crippen molar-refractivity contribution in [2.45, 2.75) is 19.4 Å². The summed E-state index contributed by atoms with van der Waals surface area (Å²) < 4.78 is 22.1. The van der Waals surface area contributed by atoms with Crippen molar-refractivity contribution in [3.05, 3.63) is 60.2 Å². The highest BCUT2D eigenvalue weighted by atomic mass is 16.6. The van der Waals surface area contributed by atoms with Crippen molar-refractivity contribution >= 4 is 5.91 Å². The average Bonchev–Trinajstić information content (AvgIpc) is 2.72. The van der Waals surface area contributed by atoms with Crippen molar-refractivity contribution in [2.24, 2.45) is 0 Å². The highest BCUT2D eigenvalue weighted by Gasteiger charge is 2.16. The van der Waals surface area contributed by atoms with Gasteiger partial charge in [-0.15, -0.1) is 6.58 Å². The largest absolute Gasteiger partial charge is 0.493 e. The Morgan fingerprint density at radius 1 is 1.18 bits per heavy atom. The molecule has 0 saturated carbocycles. The average molecular weight is 383 g/mol. The SMILES string of the molecule is C=CCc1ccc(OCC(=O)NC(C)c2ccc3c(c2)OCCO3)c(OC)c1. The lowest BCUT2D eigenvalue weighted by Crippen LogP contribution is -2.31. The fraction of sp³-hybridized carbons (Fsp3) is 0.318. The van der Waals surface area contributed by atoms with Crippen molar-refractivity contribution < 1.29 is 23.7 Å². The van der Waals surface area contributed by atoms with Gasteiger partial charge in [-0.25, -0.2) is 0 Å². The van der Waals surface area contributed by atoms with Crippen molar-refractivity contribution in [1.29, 1.82) is 0 Å². The fourth-order valence-corrected chi connectivity index (χ4v) is 2.96. The normalized spacial score (nSPS) is 13.4. The minimum Gasteiger partial charge on any atom is -0.493 e. The summed E-state index contributed by atoms with van der Waals surface area (Å²) in [6.07, 6.45) is 2.56. The molecule has 0 radical (unpaired) electrons. The second-order valence-corrected chi connectivity index (χ2v) is 6.46. The quantitative estimate of drug-likeness (QED) is 0.708. The van der Waals surface area contributed by atoms with E-state index in [1.54, 1.807) is 13.2 Å². The van der Waals surface area contributed by atoms with Crippen LogP contribution in [-0.2, 0) is 11.2 Å². The number of nitrogens with one attached hydrogen (secondary N) is 1. The molecule has 1 amide bonds. The number of allylic oxidation sites excluding steroid dienone is 1. The van der Waals surface area contributed by atoms with Gasteiger partial charge in [-0.1, -0.05) is 18.2 Å². The van der Waals surface area contributed by atoms with Crippen LogP contribution in [0.3, 0.4) is 0 Å². The molecule has 148 valence electrons. The first-order valence-corrected chi connectivity index (χ1v) is 9.20. The minimum absolute atomic E-state index is 0.105. The summed E-state index contributed by atoms with van der Waals surface area (Å²) in [5.74, 6) is 2.32. The van der Waals surface area contributed by atoms with Crippen LogP contribution in [0.15, 0.2) is 49.1 Å². The molecule has 1 N–H and O–H groups in total. The van der Waals surface area contributed by atoms with Gasteiger partial charge in [-0.05, 0) is 48.7 Å². The molecule has 1 atom stereocenters. The summed E-state index contributed by atoms with van der Waals surface area (Å²) in [5.41, 5.74) is 2.00. The molecule has 3 rings (SSSR count). The van der Waals surface area contributed by atoms with E-state index in [0.717, 1.165) is 23.3 Å². The Morgan fingerprint density at radius 3 is 2.71 bits per heavy atom. The first-order chi connectivity index (χ1) is 13.6. The highest BCUT2D eigenvalue weighted by Crippen LogP contribution is 2.32. The molecular formula is C22H25NO5. The molecular weight excluding hydrogens is 358 g/mol. The zero-order chi connectivity index (χ0) is 19.9. The van der Waals surface area contributed by atoms with E-state index >= 15 is 0 Å². The van der Waals surface area contributed by atoms with Crippen LogP contribution in [0, 0.1) is 0 Å². The number of ether oxygens (including phenoxy) is 4. The van der Waals surface area contributed by atoms with Crippen LogP contribution in [0.5, 0.6) is 23.0 Å². The molecule has 6 heteroatoms. The van der Waals surface area contributed by atoms with Crippen molar-refractivity contribution in [1.82, 2.24) is 5.32 Å². The number of fused-ring (bicyclic) bond motifs is 1. The summed E-state index contributed by atoms with van der Waals surface area (Å²) in [6, 6.07) is 11.1. The Balaban J connectivity index is 1.57. The molecule has 0 spiro atoms. The van der Waals surface area contributed by atoms with E-state index in [-0.39, 0.29) is 18.6 Å². The van der Waals surface area contributed by atoms with Crippen LogP contribution < -0.4 is 24.3 Å². The van der Waals surface area contributed by atoms with E-state index in [4.69, 9.17) is 18.9 Å². The van der Waals surface area contributed by atoms with Crippen LogP contribution >= 0.6 is 0 Å². The van der Waals surface area contributed by atoms with E-state index in [0.29, 0.717) is 30.5 Å². The number of carbonyl (C=O) groups is 1. The summed E-state index contributed by atoms with van der Waals surface area (Å²) in [6.45, 7) is 6.61. The molecule has 6 nitrogen and oxygen atoms in total. The minimum atomic E-state index is -0.223. The van der Waals surface area contributed by atoms with Gasteiger partial charge in [0.25, 0.3) is 5.91 Å². The number of hydrogen-bond acceptors (Lipinski definition) is 5.